The fraction of sp³-hybridized carbons (Fsp3) is 0.667. The maximum atomic E-state index is 12.4. The van der Waals surface area contributed by atoms with Crippen molar-refractivity contribution in [3.63, 3.8) is 0 Å². The van der Waals surface area contributed by atoms with Crippen molar-refractivity contribution in [2.45, 2.75) is 71.2 Å². The number of carbonyl (C=O) groups excluding carboxylic acids is 1. The molecule has 3 atom stereocenters. The average molecular weight is 319 g/mol. The summed E-state index contributed by atoms with van der Waals surface area (Å²) in [4.78, 5) is 18.4. The Morgan fingerprint density at radius 1 is 1.48 bits per heavy atom. The molecular formula is C18H29N3O2. The molecule has 1 fully saturated rings. The zero-order valence-corrected chi connectivity index (χ0v) is 14.9. The van der Waals surface area contributed by atoms with Gasteiger partial charge in [0.05, 0.1) is 0 Å². The van der Waals surface area contributed by atoms with Gasteiger partial charge in [0.25, 0.3) is 0 Å². The van der Waals surface area contributed by atoms with Crippen LogP contribution in [0, 0.1) is 0 Å². The number of nitrogens with one attached hydrogen (secondary N) is 1. The van der Waals surface area contributed by atoms with Crippen molar-refractivity contribution in [1.29, 1.82) is 0 Å². The zero-order chi connectivity index (χ0) is 17.0. The van der Waals surface area contributed by atoms with E-state index in [2.05, 4.69) is 30.2 Å². The van der Waals surface area contributed by atoms with Gasteiger partial charge in [-0.3, -0.25) is 4.98 Å². The van der Waals surface area contributed by atoms with Crippen LogP contribution < -0.4 is 5.32 Å². The molecule has 0 aliphatic carbocycles. The number of ether oxygens (including phenoxy) is 1. The van der Waals surface area contributed by atoms with Gasteiger partial charge in [-0.05, 0) is 59.1 Å². The highest BCUT2D eigenvalue weighted by Gasteiger charge is 2.34. The van der Waals surface area contributed by atoms with E-state index in [0.29, 0.717) is 0 Å². The summed E-state index contributed by atoms with van der Waals surface area (Å²) in [6.45, 7) is 10.7. The molecule has 1 N–H and O–H groups in total. The summed E-state index contributed by atoms with van der Waals surface area (Å²) in [5.74, 6) is 0. The van der Waals surface area contributed by atoms with E-state index in [1.165, 1.54) is 0 Å². The highest BCUT2D eigenvalue weighted by Crippen LogP contribution is 2.23. The van der Waals surface area contributed by atoms with E-state index in [4.69, 9.17) is 4.74 Å². The summed E-state index contributed by atoms with van der Waals surface area (Å²) in [5, 5.41) is 3.64. The van der Waals surface area contributed by atoms with Gasteiger partial charge in [-0.1, -0.05) is 6.07 Å². The molecule has 0 bridgehead atoms. The summed E-state index contributed by atoms with van der Waals surface area (Å²) in [6.07, 6.45) is 5.50. The average Bonchev–Trinajstić information content (AvgIpc) is 2.48. The van der Waals surface area contributed by atoms with Crippen LogP contribution in [0.2, 0.25) is 0 Å². The number of piperidine rings is 1. The van der Waals surface area contributed by atoms with Crippen LogP contribution in [0.15, 0.2) is 24.5 Å². The van der Waals surface area contributed by atoms with E-state index < -0.39 is 5.60 Å². The molecule has 1 aromatic heterocycles. The monoisotopic (exact) mass is 319 g/mol. The van der Waals surface area contributed by atoms with Crippen LogP contribution in [0.3, 0.4) is 0 Å². The molecule has 128 valence electrons. The molecule has 2 rings (SSSR count). The lowest BCUT2D eigenvalue weighted by molar-refractivity contribution is 0.00643. The first kappa shape index (κ1) is 17.7. The number of hydrogen-bond acceptors (Lipinski definition) is 4. The first-order valence-electron chi connectivity index (χ1n) is 8.43. The summed E-state index contributed by atoms with van der Waals surface area (Å²) in [7, 11) is 0. The molecular weight excluding hydrogens is 290 g/mol. The molecule has 1 saturated heterocycles. The third kappa shape index (κ3) is 4.93. The Morgan fingerprint density at radius 2 is 2.22 bits per heavy atom. The zero-order valence-electron chi connectivity index (χ0n) is 14.9. The predicted molar refractivity (Wildman–Crippen MR) is 91.2 cm³/mol. The highest BCUT2D eigenvalue weighted by atomic mass is 16.6. The van der Waals surface area contributed by atoms with Crippen molar-refractivity contribution < 1.29 is 9.53 Å². The second kappa shape index (κ2) is 7.30. The summed E-state index contributed by atoms with van der Waals surface area (Å²) in [5.41, 5.74) is 0.703. The standard InChI is InChI=1S/C18H29N3O2/c1-13(15-8-6-10-19-12-15)20-16-9-7-11-21(14(16)2)17(22)23-18(3,4)5/h6,8,10,12-14,16,20H,7,9,11H2,1-5H3. The third-order valence-electron chi connectivity index (χ3n) is 4.26. The molecule has 0 saturated carbocycles. The number of hydrogen-bond donors (Lipinski definition) is 1. The number of likely N-dealkylation sites (tertiary alicyclic amines) is 1. The Bertz CT molecular complexity index is 513. The van der Waals surface area contributed by atoms with E-state index in [1.807, 2.05) is 37.9 Å². The van der Waals surface area contributed by atoms with Gasteiger partial charge in [0.2, 0.25) is 0 Å². The SMILES string of the molecule is CC(NC1CCCN(C(=O)OC(C)(C)C)C1C)c1cccnc1. The van der Waals surface area contributed by atoms with Crippen LogP contribution in [-0.2, 0) is 4.74 Å². The van der Waals surface area contributed by atoms with Crippen molar-refractivity contribution in [1.82, 2.24) is 15.2 Å². The largest absolute Gasteiger partial charge is 0.444 e. The molecule has 1 aliphatic rings. The maximum absolute atomic E-state index is 12.4. The van der Waals surface area contributed by atoms with E-state index in [0.717, 1.165) is 24.9 Å². The van der Waals surface area contributed by atoms with Gasteiger partial charge >= 0.3 is 6.09 Å². The van der Waals surface area contributed by atoms with Gasteiger partial charge in [0.1, 0.15) is 5.60 Å². The minimum Gasteiger partial charge on any atom is -0.444 e. The molecule has 2 heterocycles. The first-order chi connectivity index (χ1) is 10.8. The summed E-state index contributed by atoms with van der Waals surface area (Å²) < 4.78 is 5.53. The lowest BCUT2D eigenvalue weighted by atomic mass is 9.96. The van der Waals surface area contributed by atoms with Crippen molar-refractivity contribution in [3.8, 4) is 0 Å². The molecule has 1 aliphatic heterocycles. The quantitative estimate of drug-likeness (QED) is 0.926. The summed E-state index contributed by atoms with van der Waals surface area (Å²) in [6, 6.07) is 4.59. The fourth-order valence-electron chi connectivity index (χ4n) is 2.99. The van der Waals surface area contributed by atoms with Crippen molar-refractivity contribution >= 4 is 6.09 Å². The van der Waals surface area contributed by atoms with Crippen molar-refractivity contribution in [2.24, 2.45) is 0 Å². The van der Waals surface area contributed by atoms with Crippen LogP contribution in [0.1, 0.15) is 59.1 Å². The summed E-state index contributed by atoms with van der Waals surface area (Å²) >= 11 is 0. The molecule has 5 nitrogen and oxygen atoms in total. The van der Waals surface area contributed by atoms with Crippen LogP contribution in [0.5, 0.6) is 0 Å². The molecule has 0 spiro atoms. The predicted octanol–water partition coefficient (Wildman–Crippen LogP) is 3.52. The van der Waals surface area contributed by atoms with Crippen LogP contribution in [-0.4, -0.2) is 40.2 Å². The minimum absolute atomic E-state index is 0.109. The molecule has 1 aromatic rings. The molecule has 5 heteroatoms. The Morgan fingerprint density at radius 3 is 2.83 bits per heavy atom. The number of aromatic nitrogens is 1. The highest BCUT2D eigenvalue weighted by molar-refractivity contribution is 5.68. The second-order valence-electron chi connectivity index (χ2n) is 7.34. The Hall–Kier alpha value is -1.62. The molecule has 23 heavy (non-hydrogen) atoms. The lowest BCUT2D eigenvalue weighted by Gasteiger charge is -2.41. The molecule has 0 aromatic carbocycles. The van der Waals surface area contributed by atoms with E-state index in [9.17, 15) is 4.79 Å². The molecule has 1 amide bonds. The van der Waals surface area contributed by atoms with Gasteiger partial charge in [0, 0.05) is 37.1 Å². The first-order valence-corrected chi connectivity index (χ1v) is 8.43. The van der Waals surface area contributed by atoms with Crippen molar-refractivity contribution in [2.75, 3.05) is 6.54 Å². The lowest BCUT2D eigenvalue weighted by Crippen LogP contribution is -2.55. The Kier molecular flexibility index (Phi) is 5.63. The Balaban J connectivity index is 1.99. The van der Waals surface area contributed by atoms with Gasteiger partial charge < -0.3 is 15.0 Å². The smallest absolute Gasteiger partial charge is 0.410 e. The fourth-order valence-corrected chi connectivity index (χ4v) is 2.99. The maximum Gasteiger partial charge on any atom is 0.410 e. The number of rotatable bonds is 3. The normalized spacial score (nSPS) is 23.4. The van der Waals surface area contributed by atoms with E-state index >= 15 is 0 Å². The second-order valence-corrected chi connectivity index (χ2v) is 7.34. The number of nitrogens with zero attached hydrogens (tertiary/aromatic N) is 2. The number of carbonyl (C=O) groups is 1. The van der Waals surface area contributed by atoms with E-state index in [1.54, 1.807) is 6.20 Å². The minimum atomic E-state index is -0.458. The Labute approximate surface area is 139 Å². The number of amides is 1. The van der Waals surface area contributed by atoms with Crippen molar-refractivity contribution in [3.05, 3.63) is 30.1 Å². The topological polar surface area (TPSA) is 54.5 Å². The molecule has 0 radical (unpaired) electrons. The third-order valence-corrected chi connectivity index (χ3v) is 4.26. The van der Waals surface area contributed by atoms with Gasteiger partial charge in [-0.15, -0.1) is 0 Å². The van der Waals surface area contributed by atoms with Gasteiger partial charge in [-0.25, -0.2) is 4.79 Å². The number of pyridine rings is 1. The van der Waals surface area contributed by atoms with Crippen LogP contribution >= 0.6 is 0 Å². The molecule has 3 unspecified atom stereocenters. The van der Waals surface area contributed by atoms with E-state index in [-0.39, 0.29) is 24.2 Å². The van der Waals surface area contributed by atoms with Gasteiger partial charge in [0.15, 0.2) is 0 Å². The van der Waals surface area contributed by atoms with Crippen LogP contribution in [0.25, 0.3) is 0 Å². The van der Waals surface area contributed by atoms with Crippen LogP contribution in [0.4, 0.5) is 4.79 Å². The van der Waals surface area contributed by atoms with Gasteiger partial charge in [-0.2, -0.15) is 0 Å².